The van der Waals surface area contributed by atoms with Gasteiger partial charge in [0.25, 0.3) is 0 Å². The normalized spacial score (nSPS) is 15.9. The average molecular weight is 346 g/mol. The SMILES string of the molecule is CCOC(=O)c1c(C2CC2)csc1NC(=O)C(C)Br. The van der Waals surface area contributed by atoms with Gasteiger partial charge in [-0.15, -0.1) is 11.3 Å². The first-order chi connectivity index (χ1) is 9.04. The van der Waals surface area contributed by atoms with Gasteiger partial charge in [-0.2, -0.15) is 0 Å². The Hall–Kier alpha value is -0.880. The van der Waals surface area contributed by atoms with Crippen molar-refractivity contribution in [3.8, 4) is 0 Å². The topological polar surface area (TPSA) is 55.4 Å². The molecule has 1 atom stereocenters. The fraction of sp³-hybridized carbons (Fsp3) is 0.538. The van der Waals surface area contributed by atoms with Gasteiger partial charge < -0.3 is 10.1 Å². The van der Waals surface area contributed by atoms with Crippen molar-refractivity contribution in [2.24, 2.45) is 0 Å². The van der Waals surface area contributed by atoms with Crippen molar-refractivity contribution in [1.29, 1.82) is 0 Å². The summed E-state index contributed by atoms with van der Waals surface area (Å²) in [6.07, 6.45) is 2.21. The number of carbonyl (C=O) groups excluding carboxylic acids is 2. The van der Waals surface area contributed by atoms with Crippen LogP contribution in [0, 0.1) is 0 Å². The molecule has 1 fully saturated rings. The van der Waals surface area contributed by atoms with Crippen molar-refractivity contribution in [3.63, 3.8) is 0 Å². The van der Waals surface area contributed by atoms with Gasteiger partial charge in [0.1, 0.15) is 5.00 Å². The van der Waals surface area contributed by atoms with Crippen molar-refractivity contribution in [2.45, 2.75) is 37.4 Å². The maximum absolute atomic E-state index is 12.1. The van der Waals surface area contributed by atoms with Crippen LogP contribution in [0.4, 0.5) is 5.00 Å². The van der Waals surface area contributed by atoms with Gasteiger partial charge >= 0.3 is 5.97 Å². The molecule has 0 bridgehead atoms. The van der Waals surface area contributed by atoms with Crippen LogP contribution in [0.15, 0.2) is 5.38 Å². The molecule has 4 nitrogen and oxygen atoms in total. The predicted octanol–water partition coefficient (Wildman–Crippen LogP) is 3.52. The van der Waals surface area contributed by atoms with Gasteiger partial charge in [0.05, 0.1) is 17.0 Å². The van der Waals surface area contributed by atoms with Gasteiger partial charge in [-0.25, -0.2) is 4.79 Å². The van der Waals surface area contributed by atoms with Crippen molar-refractivity contribution in [3.05, 3.63) is 16.5 Å². The number of nitrogens with one attached hydrogen (secondary N) is 1. The van der Waals surface area contributed by atoms with Crippen LogP contribution >= 0.6 is 27.3 Å². The number of thiophene rings is 1. The summed E-state index contributed by atoms with van der Waals surface area (Å²) in [6, 6.07) is 0. The lowest BCUT2D eigenvalue weighted by Crippen LogP contribution is -2.21. The lowest BCUT2D eigenvalue weighted by Gasteiger charge is -2.09. The molecule has 1 N–H and O–H groups in total. The van der Waals surface area contributed by atoms with E-state index in [2.05, 4.69) is 21.2 Å². The number of anilines is 1. The summed E-state index contributed by atoms with van der Waals surface area (Å²) in [5.41, 5.74) is 1.55. The molecule has 0 radical (unpaired) electrons. The van der Waals surface area contributed by atoms with E-state index < -0.39 is 0 Å². The van der Waals surface area contributed by atoms with E-state index in [9.17, 15) is 9.59 Å². The highest BCUT2D eigenvalue weighted by Gasteiger charge is 2.32. The van der Waals surface area contributed by atoms with Crippen LogP contribution < -0.4 is 5.32 Å². The molecule has 1 heterocycles. The Balaban J connectivity index is 2.27. The summed E-state index contributed by atoms with van der Waals surface area (Å²) in [5, 5.41) is 5.34. The Morgan fingerprint density at radius 2 is 2.26 bits per heavy atom. The van der Waals surface area contributed by atoms with Gasteiger partial charge in [0.2, 0.25) is 5.91 Å². The van der Waals surface area contributed by atoms with Crippen molar-refractivity contribution >= 4 is 44.1 Å². The minimum absolute atomic E-state index is 0.158. The molecule has 2 rings (SSSR count). The van der Waals surface area contributed by atoms with Crippen LogP contribution in [0.1, 0.15) is 48.5 Å². The van der Waals surface area contributed by atoms with Crippen molar-refractivity contribution < 1.29 is 14.3 Å². The summed E-state index contributed by atoms with van der Waals surface area (Å²) in [7, 11) is 0. The first-order valence-electron chi connectivity index (χ1n) is 6.28. The molecule has 1 aromatic rings. The van der Waals surface area contributed by atoms with E-state index in [0.717, 1.165) is 18.4 Å². The van der Waals surface area contributed by atoms with Crippen molar-refractivity contribution in [1.82, 2.24) is 0 Å². The molecular weight excluding hydrogens is 330 g/mol. The van der Waals surface area contributed by atoms with Gasteiger partial charge in [0.15, 0.2) is 0 Å². The predicted molar refractivity (Wildman–Crippen MR) is 79.3 cm³/mol. The molecule has 0 aromatic carbocycles. The minimum atomic E-state index is -0.344. The number of ether oxygens (including phenoxy) is 1. The summed E-state index contributed by atoms with van der Waals surface area (Å²) >= 11 is 4.60. The van der Waals surface area contributed by atoms with Crippen LogP contribution in [0.3, 0.4) is 0 Å². The van der Waals surface area contributed by atoms with E-state index >= 15 is 0 Å². The van der Waals surface area contributed by atoms with Crippen LogP contribution in [0.25, 0.3) is 0 Å². The van der Waals surface area contributed by atoms with Crippen molar-refractivity contribution in [2.75, 3.05) is 11.9 Å². The Kier molecular flexibility index (Phi) is 4.62. The van der Waals surface area contributed by atoms with E-state index in [1.54, 1.807) is 13.8 Å². The van der Waals surface area contributed by atoms with E-state index in [1.807, 2.05) is 5.38 Å². The third-order valence-electron chi connectivity index (χ3n) is 2.91. The number of alkyl halides is 1. The van der Waals surface area contributed by atoms with E-state index in [-0.39, 0.29) is 16.7 Å². The standard InChI is InChI=1S/C13H16BrNO3S/c1-3-18-13(17)10-9(8-4-5-8)6-19-12(10)15-11(16)7(2)14/h6-8H,3-5H2,1-2H3,(H,15,16). The van der Waals surface area contributed by atoms with Crippen LogP contribution in [-0.2, 0) is 9.53 Å². The molecular formula is C13H16BrNO3S. The molecule has 104 valence electrons. The molecule has 1 aliphatic carbocycles. The second kappa shape index (κ2) is 6.05. The lowest BCUT2D eigenvalue weighted by atomic mass is 10.1. The Morgan fingerprint density at radius 1 is 1.58 bits per heavy atom. The monoisotopic (exact) mass is 345 g/mol. The molecule has 1 amide bonds. The maximum atomic E-state index is 12.1. The third kappa shape index (κ3) is 3.36. The quantitative estimate of drug-likeness (QED) is 0.656. The molecule has 0 saturated heterocycles. The average Bonchev–Trinajstić information content (AvgIpc) is 3.11. The van der Waals surface area contributed by atoms with Crippen LogP contribution in [0.2, 0.25) is 0 Å². The smallest absolute Gasteiger partial charge is 0.341 e. The zero-order chi connectivity index (χ0) is 14.0. The number of amides is 1. The Labute approximate surface area is 124 Å². The summed E-state index contributed by atoms with van der Waals surface area (Å²) in [5.74, 6) is -0.0550. The third-order valence-corrected chi connectivity index (χ3v) is 4.24. The number of esters is 1. The van der Waals surface area contributed by atoms with Crippen LogP contribution in [-0.4, -0.2) is 23.3 Å². The summed E-state index contributed by atoms with van der Waals surface area (Å²) < 4.78 is 5.09. The maximum Gasteiger partial charge on any atom is 0.341 e. The minimum Gasteiger partial charge on any atom is -0.462 e. The second-order valence-electron chi connectivity index (χ2n) is 4.50. The van der Waals surface area contributed by atoms with E-state index in [1.165, 1.54) is 11.3 Å². The molecule has 1 saturated carbocycles. The number of carbonyl (C=O) groups is 2. The first kappa shape index (κ1) is 14.5. The van der Waals surface area contributed by atoms with Gasteiger partial charge in [-0.05, 0) is 43.6 Å². The van der Waals surface area contributed by atoms with Gasteiger partial charge in [-0.3, -0.25) is 4.79 Å². The Bertz CT molecular complexity index is 494. The molecule has 1 unspecified atom stereocenters. The second-order valence-corrected chi connectivity index (χ2v) is 6.75. The Morgan fingerprint density at radius 3 is 2.79 bits per heavy atom. The fourth-order valence-electron chi connectivity index (χ4n) is 1.78. The molecule has 1 aliphatic rings. The molecule has 6 heteroatoms. The lowest BCUT2D eigenvalue weighted by molar-refractivity contribution is -0.115. The molecule has 0 spiro atoms. The number of rotatable bonds is 5. The molecule has 19 heavy (non-hydrogen) atoms. The summed E-state index contributed by atoms with van der Waals surface area (Å²) in [4.78, 5) is 23.5. The number of hydrogen-bond acceptors (Lipinski definition) is 4. The zero-order valence-corrected chi connectivity index (χ0v) is 13.3. The van der Waals surface area contributed by atoms with E-state index in [0.29, 0.717) is 23.1 Å². The van der Waals surface area contributed by atoms with Gasteiger partial charge in [0, 0.05) is 0 Å². The fourth-order valence-corrected chi connectivity index (χ4v) is 2.93. The van der Waals surface area contributed by atoms with Crippen LogP contribution in [0.5, 0.6) is 0 Å². The van der Waals surface area contributed by atoms with E-state index in [4.69, 9.17) is 4.74 Å². The largest absolute Gasteiger partial charge is 0.462 e. The highest BCUT2D eigenvalue weighted by Crippen LogP contribution is 2.46. The number of halogens is 1. The molecule has 0 aliphatic heterocycles. The number of hydrogen-bond donors (Lipinski definition) is 1. The summed E-state index contributed by atoms with van der Waals surface area (Å²) in [6.45, 7) is 3.86. The van der Waals surface area contributed by atoms with Gasteiger partial charge in [-0.1, -0.05) is 15.9 Å². The highest BCUT2D eigenvalue weighted by molar-refractivity contribution is 9.10. The first-order valence-corrected chi connectivity index (χ1v) is 8.07. The zero-order valence-electron chi connectivity index (χ0n) is 10.9. The highest BCUT2D eigenvalue weighted by atomic mass is 79.9. The molecule has 1 aromatic heterocycles.